The normalized spacial score (nSPS) is 22.4. The average molecular weight is 281 g/mol. The summed E-state index contributed by atoms with van der Waals surface area (Å²) < 4.78 is 1.96. The molecule has 1 aliphatic heterocycles. The van der Waals surface area contributed by atoms with Gasteiger partial charge in [-0.15, -0.1) is 10.2 Å². The van der Waals surface area contributed by atoms with Crippen LogP contribution in [0.4, 0.5) is 0 Å². The van der Waals surface area contributed by atoms with Crippen molar-refractivity contribution < 1.29 is 0 Å². The number of aromatic nitrogens is 3. The minimum Gasteiger partial charge on any atom is -0.318 e. The summed E-state index contributed by atoms with van der Waals surface area (Å²) in [6.07, 6.45) is 0. The van der Waals surface area contributed by atoms with Crippen LogP contribution in [0.2, 0.25) is 5.02 Å². The molecule has 0 spiro atoms. The molecule has 0 aliphatic carbocycles. The van der Waals surface area contributed by atoms with E-state index >= 15 is 0 Å². The molecule has 2 heterocycles. The van der Waals surface area contributed by atoms with Gasteiger partial charge in [0.05, 0.1) is 6.04 Å². The van der Waals surface area contributed by atoms with E-state index in [1.165, 1.54) is 0 Å². The number of rotatable bonds is 1. The van der Waals surface area contributed by atoms with Crippen LogP contribution in [0, 0.1) is 0 Å². The van der Waals surface area contributed by atoms with E-state index in [1.54, 1.807) is 11.8 Å². The lowest BCUT2D eigenvalue weighted by Gasteiger charge is -2.28. The second-order valence-electron chi connectivity index (χ2n) is 4.39. The molecule has 3 rings (SSSR count). The number of fused-ring (bicyclic) bond motifs is 1. The maximum Gasteiger partial charge on any atom is 0.210 e. The van der Waals surface area contributed by atoms with Gasteiger partial charge >= 0.3 is 0 Å². The first-order valence-corrected chi connectivity index (χ1v) is 7.05. The molecule has 0 fully saturated rings. The Morgan fingerprint density at radius 3 is 2.67 bits per heavy atom. The molecule has 2 aromatic rings. The zero-order valence-corrected chi connectivity index (χ0v) is 11.7. The Bertz CT molecular complexity index is 566. The lowest BCUT2D eigenvalue weighted by molar-refractivity contribution is 0.618. The van der Waals surface area contributed by atoms with Crippen molar-refractivity contribution in [2.45, 2.75) is 30.3 Å². The Morgan fingerprint density at radius 1 is 1.22 bits per heavy atom. The van der Waals surface area contributed by atoms with E-state index < -0.39 is 0 Å². The molecule has 0 amide bonds. The van der Waals surface area contributed by atoms with Crippen molar-refractivity contribution >= 4 is 23.4 Å². The molecule has 6 heteroatoms. The lowest BCUT2D eigenvalue weighted by atomic mass is 10.2. The Morgan fingerprint density at radius 2 is 1.94 bits per heavy atom. The van der Waals surface area contributed by atoms with Crippen molar-refractivity contribution in [1.29, 1.82) is 0 Å². The molecule has 1 aromatic heterocycles. The van der Waals surface area contributed by atoms with E-state index in [0.29, 0.717) is 11.3 Å². The van der Waals surface area contributed by atoms with E-state index in [2.05, 4.69) is 29.5 Å². The fraction of sp³-hybridized carbons (Fsp3) is 0.333. The highest BCUT2D eigenvalue weighted by molar-refractivity contribution is 7.99. The topological polar surface area (TPSA) is 42.7 Å². The summed E-state index contributed by atoms with van der Waals surface area (Å²) in [7, 11) is 0. The third-order valence-corrected chi connectivity index (χ3v) is 4.57. The van der Waals surface area contributed by atoms with Crippen molar-refractivity contribution in [1.82, 2.24) is 14.9 Å². The minimum atomic E-state index is 0.379. The molecule has 0 saturated heterocycles. The Hall–Kier alpha value is -1.20. The predicted molar refractivity (Wildman–Crippen MR) is 74.6 cm³/mol. The fourth-order valence-electron chi connectivity index (χ4n) is 1.83. The van der Waals surface area contributed by atoms with Crippen LogP contribution in [0.1, 0.15) is 13.8 Å². The molecule has 1 N–H and O–H groups in total. The van der Waals surface area contributed by atoms with E-state index in [1.807, 2.05) is 28.9 Å². The number of hydrogen-bond acceptors (Lipinski definition) is 4. The molecule has 0 saturated carbocycles. The van der Waals surface area contributed by atoms with Gasteiger partial charge in [-0.05, 0) is 31.2 Å². The molecule has 0 radical (unpaired) electrons. The summed E-state index contributed by atoms with van der Waals surface area (Å²) in [5.74, 6) is 0.827. The first kappa shape index (κ1) is 11.9. The second-order valence-corrected chi connectivity index (χ2v) is 6.17. The van der Waals surface area contributed by atoms with Crippen molar-refractivity contribution in [3.05, 3.63) is 29.3 Å². The van der Waals surface area contributed by atoms with Crippen molar-refractivity contribution in [3.63, 3.8) is 0 Å². The third kappa shape index (κ3) is 1.97. The number of thioether (sulfide) groups is 1. The Labute approximate surface area is 115 Å². The van der Waals surface area contributed by atoms with Crippen molar-refractivity contribution in [2.75, 3.05) is 5.43 Å². The maximum atomic E-state index is 5.90. The lowest BCUT2D eigenvalue weighted by Crippen LogP contribution is -2.37. The van der Waals surface area contributed by atoms with Gasteiger partial charge in [-0.3, -0.25) is 0 Å². The summed E-state index contributed by atoms with van der Waals surface area (Å²) in [4.78, 5) is 0. The van der Waals surface area contributed by atoms with Crippen LogP contribution in [-0.2, 0) is 0 Å². The summed E-state index contributed by atoms with van der Waals surface area (Å²) in [5.41, 5.74) is 4.42. The molecule has 1 aliphatic rings. The first-order valence-electron chi connectivity index (χ1n) is 5.79. The SMILES string of the molecule is CC1Nn2c(nnc2-c2ccc(Cl)cc2)SC1C. The molecule has 2 unspecified atom stereocenters. The largest absolute Gasteiger partial charge is 0.318 e. The smallest absolute Gasteiger partial charge is 0.210 e. The van der Waals surface area contributed by atoms with Gasteiger partial charge in [0.15, 0.2) is 5.82 Å². The molecule has 18 heavy (non-hydrogen) atoms. The van der Waals surface area contributed by atoms with Gasteiger partial charge < -0.3 is 5.43 Å². The quantitative estimate of drug-likeness (QED) is 0.872. The van der Waals surface area contributed by atoms with Crippen molar-refractivity contribution in [3.8, 4) is 11.4 Å². The number of halogens is 1. The van der Waals surface area contributed by atoms with Crippen LogP contribution in [0.5, 0.6) is 0 Å². The number of nitrogens with one attached hydrogen (secondary N) is 1. The molecular weight excluding hydrogens is 268 g/mol. The standard InChI is InChI=1S/C12H13ClN4S/c1-7-8(2)18-12-15-14-11(17(12)16-7)9-3-5-10(13)6-4-9/h3-8,16H,1-2H3. The number of benzene rings is 1. The van der Waals surface area contributed by atoms with Gasteiger partial charge in [-0.25, -0.2) is 4.68 Å². The highest BCUT2D eigenvalue weighted by Gasteiger charge is 2.26. The predicted octanol–water partition coefficient (Wildman–Crippen LogP) is 3.02. The number of nitrogens with zero attached hydrogens (tertiary/aromatic N) is 3. The summed E-state index contributed by atoms with van der Waals surface area (Å²) in [5, 5.41) is 10.6. The highest BCUT2D eigenvalue weighted by atomic mass is 35.5. The van der Waals surface area contributed by atoms with Gasteiger partial charge in [0, 0.05) is 15.8 Å². The molecule has 1 aromatic carbocycles. The molecule has 2 atom stereocenters. The Balaban J connectivity index is 2.02. The number of hydrogen-bond donors (Lipinski definition) is 1. The highest BCUT2D eigenvalue weighted by Crippen LogP contribution is 2.31. The third-order valence-electron chi connectivity index (χ3n) is 3.06. The zero-order chi connectivity index (χ0) is 12.7. The molecule has 0 bridgehead atoms. The summed E-state index contributed by atoms with van der Waals surface area (Å²) in [6.45, 7) is 4.34. The van der Waals surface area contributed by atoms with E-state index in [-0.39, 0.29) is 0 Å². The van der Waals surface area contributed by atoms with Crippen LogP contribution >= 0.6 is 23.4 Å². The molecule has 4 nitrogen and oxygen atoms in total. The van der Waals surface area contributed by atoms with Gasteiger partial charge in [0.25, 0.3) is 0 Å². The first-order chi connectivity index (χ1) is 8.65. The van der Waals surface area contributed by atoms with Crippen LogP contribution in [0.15, 0.2) is 29.4 Å². The second kappa shape index (κ2) is 4.48. The summed E-state index contributed by atoms with van der Waals surface area (Å²) in [6, 6.07) is 8.01. The van der Waals surface area contributed by atoms with Crippen LogP contribution in [-0.4, -0.2) is 26.2 Å². The van der Waals surface area contributed by atoms with Crippen LogP contribution < -0.4 is 5.43 Å². The molecular formula is C12H13ClN4S. The average Bonchev–Trinajstić information content (AvgIpc) is 2.74. The maximum absolute atomic E-state index is 5.90. The van der Waals surface area contributed by atoms with Gasteiger partial charge in [-0.1, -0.05) is 30.3 Å². The van der Waals surface area contributed by atoms with Gasteiger partial charge in [-0.2, -0.15) is 0 Å². The monoisotopic (exact) mass is 280 g/mol. The zero-order valence-electron chi connectivity index (χ0n) is 10.1. The van der Waals surface area contributed by atoms with E-state index in [9.17, 15) is 0 Å². The van der Waals surface area contributed by atoms with E-state index in [4.69, 9.17) is 11.6 Å². The van der Waals surface area contributed by atoms with Crippen LogP contribution in [0.3, 0.4) is 0 Å². The van der Waals surface area contributed by atoms with Gasteiger partial charge in [0.1, 0.15) is 0 Å². The van der Waals surface area contributed by atoms with Gasteiger partial charge in [0.2, 0.25) is 5.16 Å². The van der Waals surface area contributed by atoms with Crippen LogP contribution in [0.25, 0.3) is 11.4 Å². The minimum absolute atomic E-state index is 0.379. The summed E-state index contributed by atoms with van der Waals surface area (Å²) >= 11 is 7.64. The van der Waals surface area contributed by atoms with E-state index in [0.717, 1.165) is 21.6 Å². The Kier molecular flexibility index (Phi) is 2.95. The molecule has 94 valence electrons. The fourth-order valence-corrected chi connectivity index (χ4v) is 2.88. The van der Waals surface area contributed by atoms with Crippen molar-refractivity contribution in [2.24, 2.45) is 0 Å².